The fourth-order valence-corrected chi connectivity index (χ4v) is 2.71. The van der Waals surface area contributed by atoms with Crippen LogP contribution in [0.5, 0.6) is 0 Å². The largest absolute Gasteiger partial charge is 0.302 e. The van der Waals surface area contributed by atoms with E-state index in [1.165, 1.54) is 24.3 Å². The molecule has 0 aliphatic carbocycles. The van der Waals surface area contributed by atoms with Crippen LogP contribution < -0.4 is 5.90 Å². The molecular formula is C8H17NOS. The van der Waals surface area contributed by atoms with E-state index in [9.17, 15) is 0 Å². The minimum atomic E-state index is 0.239. The zero-order chi connectivity index (χ0) is 8.10. The monoisotopic (exact) mass is 175 g/mol. The summed E-state index contributed by atoms with van der Waals surface area (Å²) in [5.41, 5.74) is 0. The van der Waals surface area contributed by atoms with Gasteiger partial charge in [0.1, 0.15) is 0 Å². The van der Waals surface area contributed by atoms with Gasteiger partial charge in [-0.15, -0.1) is 0 Å². The second-order valence-electron chi connectivity index (χ2n) is 3.24. The van der Waals surface area contributed by atoms with Crippen LogP contribution in [-0.4, -0.2) is 17.6 Å². The van der Waals surface area contributed by atoms with E-state index in [0.717, 1.165) is 12.3 Å². The Morgan fingerprint density at radius 1 is 1.55 bits per heavy atom. The summed E-state index contributed by atoms with van der Waals surface area (Å²) in [4.78, 5) is 4.75. The van der Waals surface area contributed by atoms with Gasteiger partial charge < -0.3 is 4.84 Å². The normalized spacial score (nSPS) is 23.5. The molecule has 2 N–H and O–H groups in total. The average molecular weight is 175 g/mol. The van der Waals surface area contributed by atoms with Crippen LogP contribution in [0.2, 0.25) is 0 Å². The number of nitrogens with two attached hydrogens (primary N) is 1. The van der Waals surface area contributed by atoms with Crippen LogP contribution in [0.15, 0.2) is 0 Å². The molecule has 2 nitrogen and oxygen atoms in total. The molecule has 1 saturated heterocycles. The lowest BCUT2D eigenvalue weighted by Crippen LogP contribution is -2.20. The molecule has 1 aliphatic rings. The quantitative estimate of drug-likeness (QED) is 0.664. The maximum absolute atomic E-state index is 5.08. The van der Waals surface area contributed by atoms with E-state index < -0.39 is 0 Å². The lowest BCUT2D eigenvalue weighted by molar-refractivity contribution is 0.0476. The van der Waals surface area contributed by atoms with Crippen molar-refractivity contribution in [2.24, 2.45) is 11.8 Å². The van der Waals surface area contributed by atoms with Gasteiger partial charge in [0, 0.05) is 0 Å². The third-order valence-electron chi connectivity index (χ3n) is 2.24. The highest BCUT2D eigenvalue weighted by Gasteiger charge is 2.16. The minimum Gasteiger partial charge on any atom is -0.302 e. The molecule has 1 fully saturated rings. The molecule has 0 aromatic rings. The molecule has 0 saturated carbocycles. The SMILES string of the molecule is CC(CC1CCSCC1)ON. The van der Waals surface area contributed by atoms with Gasteiger partial charge in [0.15, 0.2) is 0 Å². The fourth-order valence-electron chi connectivity index (χ4n) is 1.51. The van der Waals surface area contributed by atoms with Crippen molar-refractivity contribution >= 4 is 11.8 Å². The number of thioether (sulfide) groups is 1. The molecule has 3 heteroatoms. The minimum absolute atomic E-state index is 0.239. The van der Waals surface area contributed by atoms with Crippen molar-refractivity contribution in [1.82, 2.24) is 0 Å². The molecule has 1 heterocycles. The van der Waals surface area contributed by atoms with Crippen molar-refractivity contribution in [3.05, 3.63) is 0 Å². The second-order valence-corrected chi connectivity index (χ2v) is 4.46. The van der Waals surface area contributed by atoms with E-state index in [1.54, 1.807) is 0 Å². The number of rotatable bonds is 3. The lowest BCUT2D eigenvalue weighted by Gasteiger charge is -2.23. The molecule has 0 radical (unpaired) electrons. The average Bonchev–Trinajstić information content (AvgIpc) is 2.06. The Morgan fingerprint density at radius 3 is 2.73 bits per heavy atom. The van der Waals surface area contributed by atoms with Crippen molar-refractivity contribution in [2.75, 3.05) is 11.5 Å². The van der Waals surface area contributed by atoms with E-state index in [4.69, 9.17) is 10.7 Å². The molecule has 1 rings (SSSR count). The smallest absolute Gasteiger partial charge is 0.0762 e. The van der Waals surface area contributed by atoms with Gasteiger partial charge in [0.05, 0.1) is 6.10 Å². The second kappa shape index (κ2) is 5.01. The van der Waals surface area contributed by atoms with E-state index in [0.29, 0.717) is 0 Å². The summed E-state index contributed by atoms with van der Waals surface area (Å²) in [5.74, 6) is 8.58. The zero-order valence-electron chi connectivity index (χ0n) is 7.08. The van der Waals surface area contributed by atoms with Crippen molar-refractivity contribution in [2.45, 2.75) is 32.3 Å². The Hall–Kier alpha value is 0.270. The van der Waals surface area contributed by atoms with Gasteiger partial charge in [0.2, 0.25) is 0 Å². The van der Waals surface area contributed by atoms with Crippen molar-refractivity contribution in [3.63, 3.8) is 0 Å². The van der Waals surface area contributed by atoms with Crippen LogP contribution in [0.3, 0.4) is 0 Å². The van der Waals surface area contributed by atoms with E-state index in [-0.39, 0.29) is 6.10 Å². The summed E-state index contributed by atoms with van der Waals surface area (Å²) < 4.78 is 0. The number of hydrogen-bond donors (Lipinski definition) is 1. The summed E-state index contributed by atoms with van der Waals surface area (Å²) in [5, 5.41) is 0. The topological polar surface area (TPSA) is 35.2 Å². The predicted octanol–water partition coefficient (Wildman–Crippen LogP) is 1.80. The predicted molar refractivity (Wildman–Crippen MR) is 49.4 cm³/mol. The summed E-state index contributed by atoms with van der Waals surface area (Å²) in [6.07, 6.45) is 4.07. The Balaban J connectivity index is 2.13. The van der Waals surface area contributed by atoms with Crippen LogP contribution in [0.4, 0.5) is 0 Å². The highest BCUT2D eigenvalue weighted by molar-refractivity contribution is 7.99. The van der Waals surface area contributed by atoms with Gasteiger partial charge in [-0.05, 0) is 43.6 Å². The molecule has 1 aliphatic heterocycles. The first kappa shape index (κ1) is 9.36. The standard InChI is InChI=1S/C8H17NOS/c1-7(10-9)6-8-2-4-11-5-3-8/h7-8H,2-6,9H2,1H3. The van der Waals surface area contributed by atoms with Gasteiger partial charge in [0.25, 0.3) is 0 Å². The molecular weight excluding hydrogens is 158 g/mol. The number of hydrogen-bond acceptors (Lipinski definition) is 3. The first-order valence-corrected chi connectivity index (χ1v) is 5.41. The Labute approximate surface area is 72.8 Å². The van der Waals surface area contributed by atoms with Crippen LogP contribution in [0.25, 0.3) is 0 Å². The summed E-state index contributed by atoms with van der Waals surface area (Å²) in [6.45, 7) is 2.04. The van der Waals surface area contributed by atoms with Gasteiger partial charge in [-0.3, -0.25) is 0 Å². The van der Waals surface area contributed by atoms with Crippen molar-refractivity contribution in [1.29, 1.82) is 0 Å². The molecule has 1 atom stereocenters. The molecule has 66 valence electrons. The molecule has 0 spiro atoms. The first-order valence-electron chi connectivity index (χ1n) is 4.26. The maximum atomic E-state index is 5.08. The third-order valence-corrected chi connectivity index (χ3v) is 3.29. The Kier molecular flexibility index (Phi) is 4.26. The Morgan fingerprint density at radius 2 is 2.18 bits per heavy atom. The highest BCUT2D eigenvalue weighted by Crippen LogP contribution is 2.26. The fraction of sp³-hybridized carbons (Fsp3) is 1.00. The molecule has 11 heavy (non-hydrogen) atoms. The van der Waals surface area contributed by atoms with Crippen LogP contribution >= 0.6 is 11.8 Å². The molecule has 0 aromatic carbocycles. The van der Waals surface area contributed by atoms with Crippen LogP contribution in [0, 0.1) is 5.92 Å². The summed E-state index contributed by atoms with van der Waals surface area (Å²) in [6, 6.07) is 0. The molecule has 0 amide bonds. The van der Waals surface area contributed by atoms with Crippen LogP contribution in [0.1, 0.15) is 26.2 Å². The van der Waals surface area contributed by atoms with Gasteiger partial charge in [-0.25, -0.2) is 5.90 Å². The van der Waals surface area contributed by atoms with Crippen molar-refractivity contribution < 1.29 is 4.84 Å². The van der Waals surface area contributed by atoms with Gasteiger partial charge in [-0.1, -0.05) is 0 Å². The zero-order valence-corrected chi connectivity index (χ0v) is 7.90. The highest BCUT2D eigenvalue weighted by atomic mass is 32.2. The Bertz CT molecular complexity index is 104. The molecule has 0 bridgehead atoms. The van der Waals surface area contributed by atoms with E-state index >= 15 is 0 Å². The maximum Gasteiger partial charge on any atom is 0.0762 e. The van der Waals surface area contributed by atoms with Crippen LogP contribution in [-0.2, 0) is 4.84 Å². The van der Waals surface area contributed by atoms with Gasteiger partial charge >= 0.3 is 0 Å². The van der Waals surface area contributed by atoms with Crippen molar-refractivity contribution in [3.8, 4) is 0 Å². The lowest BCUT2D eigenvalue weighted by atomic mass is 9.96. The van der Waals surface area contributed by atoms with E-state index in [1.807, 2.05) is 6.92 Å². The third kappa shape index (κ3) is 3.45. The first-order chi connectivity index (χ1) is 5.33. The van der Waals surface area contributed by atoms with E-state index in [2.05, 4.69) is 11.8 Å². The van der Waals surface area contributed by atoms with Gasteiger partial charge in [-0.2, -0.15) is 11.8 Å². The summed E-state index contributed by atoms with van der Waals surface area (Å²) in [7, 11) is 0. The molecule has 1 unspecified atom stereocenters. The molecule has 0 aromatic heterocycles. The summed E-state index contributed by atoms with van der Waals surface area (Å²) >= 11 is 2.06.